The maximum absolute atomic E-state index is 12.0. The highest BCUT2D eigenvalue weighted by Gasteiger charge is 2.16. The lowest BCUT2D eigenvalue weighted by molar-refractivity contribution is 0.324. The van der Waals surface area contributed by atoms with Crippen molar-refractivity contribution in [1.29, 1.82) is 0 Å². The van der Waals surface area contributed by atoms with Gasteiger partial charge in [-0.05, 0) is 37.8 Å². The van der Waals surface area contributed by atoms with Crippen molar-refractivity contribution >= 4 is 0 Å². The summed E-state index contributed by atoms with van der Waals surface area (Å²) in [6.07, 6.45) is 2.30. The Bertz CT molecular complexity index is 89.3. The Morgan fingerprint density at radius 1 is 1.70 bits per heavy atom. The van der Waals surface area contributed by atoms with E-state index in [0.717, 1.165) is 25.4 Å². The largest absolute Gasteiger partial charge is 0.316 e. The second-order valence-electron chi connectivity index (χ2n) is 3.35. The molecule has 1 aliphatic heterocycles. The third kappa shape index (κ3) is 2.25. The first kappa shape index (κ1) is 7.99. The Labute approximate surface area is 62.0 Å². The normalized spacial score (nSPS) is 28.8. The average molecular weight is 145 g/mol. The molecule has 1 rings (SSSR count). The average Bonchev–Trinajstić information content (AvgIpc) is 2.40. The standard InChI is InChI=1S/C8H16FN/c1-7(5-9)4-8-2-3-10-6-8/h7-8,10H,2-6H2,1H3. The summed E-state index contributed by atoms with van der Waals surface area (Å²) >= 11 is 0. The zero-order chi connectivity index (χ0) is 7.40. The number of halogens is 1. The van der Waals surface area contributed by atoms with E-state index in [2.05, 4.69) is 5.32 Å². The van der Waals surface area contributed by atoms with Crippen LogP contribution in [0.25, 0.3) is 0 Å². The molecule has 1 nitrogen and oxygen atoms in total. The Balaban J connectivity index is 2.11. The molecule has 0 aromatic carbocycles. The molecule has 0 radical (unpaired) electrons. The molecule has 0 aliphatic carbocycles. The maximum atomic E-state index is 12.0. The van der Waals surface area contributed by atoms with Gasteiger partial charge in [0.2, 0.25) is 0 Å². The molecule has 2 unspecified atom stereocenters. The lowest BCUT2D eigenvalue weighted by Crippen LogP contribution is -2.12. The van der Waals surface area contributed by atoms with E-state index in [-0.39, 0.29) is 12.6 Å². The molecule has 60 valence electrons. The number of nitrogens with one attached hydrogen (secondary N) is 1. The molecule has 1 heterocycles. The molecule has 2 heteroatoms. The number of alkyl halides is 1. The first-order chi connectivity index (χ1) is 4.83. The molecular formula is C8H16FN. The van der Waals surface area contributed by atoms with Gasteiger partial charge in [0, 0.05) is 0 Å². The van der Waals surface area contributed by atoms with Gasteiger partial charge in [0.25, 0.3) is 0 Å². The molecule has 0 spiro atoms. The van der Waals surface area contributed by atoms with Gasteiger partial charge in [-0.1, -0.05) is 6.92 Å². The summed E-state index contributed by atoms with van der Waals surface area (Å²) in [6, 6.07) is 0. The van der Waals surface area contributed by atoms with Crippen molar-refractivity contribution in [3.63, 3.8) is 0 Å². The summed E-state index contributed by atoms with van der Waals surface area (Å²) in [7, 11) is 0. The zero-order valence-corrected chi connectivity index (χ0v) is 6.57. The minimum atomic E-state index is -0.156. The van der Waals surface area contributed by atoms with Gasteiger partial charge in [-0.25, -0.2) is 0 Å². The van der Waals surface area contributed by atoms with Crippen molar-refractivity contribution in [3.8, 4) is 0 Å². The van der Waals surface area contributed by atoms with Crippen LogP contribution in [0, 0.1) is 11.8 Å². The fraction of sp³-hybridized carbons (Fsp3) is 1.00. The number of hydrogen-bond acceptors (Lipinski definition) is 1. The minimum absolute atomic E-state index is 0.156. The van der Waals surface area contributed by atoms with Crippen LogP contribution in [-0.2, 0) is 0 Å². The molecule has 1 aliphatic rings. The fourth-order valence-corrected chi connectivity index (χ4v) is 1.55. The molecular weight excluding hydrogens is 129 g/mol. The summed E-state index contributed by atoms with van der Waals surface area (Å²) in [5.41, 5.74) is 0. The predicted octanol–water partition coefficient (Wildman–Crippen LogP) is 1.59. The Morgan fingerprint density at radius 2 is 2.50 bits per heavy atom. The molecule has 0 aromatic rings. The van der Waals surface area contributed by atoms with Crippen LogP contribution in [0.2, 0.25) is 0 Å². The molecule has 2 atom stereocenters. The summed E-state index contributed by atoms with van der Waals surface area (Å²) in [6.45, 7) is 4.06. The molecule has 1 N–H and O–H groups in total. The highest BCUT2D eigenvalue weighted by Crippen LogP contribution is 2.18. The smallest absolute Gasteiger partial charge is 0.0920 e. The van der Waals surface area contributed by atoms with Gasteiger partial charge in [0.1, 0.15) is 0 Å². The van der Waals surface area contributed by atoms with Crippen LogP contribution >= 0.6 is 0 Å². The van der Waals surface area contributed by atoms with Crippen LogP contribution in [0.15, 0.2) is 0 Å². The van der Waals surface area contributed by atoms with Gasteiger partial charge in [-0.15, -0.1) is 0 Å². The lowest BCUT2D eigenvalue weighted by atomic mass is 9.96. The number of hydrogen-bond donors (Lipinski definition) is 1. The molecule has 10 heavy (non-hydrogen) atoms. The number of rotatable bonds is 3. The maximum Gasteiger partial charge on any atom is 0.0920 e. The van der Waals surface area contributed by atoms with E-state index in [0.29, 0.717) is 0 Å². The fourth-order valence-electron chi connectivity index (χ4n) is 1.55. The van der Waals surface area contributed by atoms with Gasteiger partial charge in [0.15, 0.2) is 0 Å². The first-order valence-corrected chi connectivity index (χ1v) is 4.09. The van der Waals surface area contributed by atoms with E-state index in [1.54, 1.807) is 0 Å². The van der Waals surface area contributed by atoms with E-state index in [9.17, 15) is 4.39 Å². The highest BCUT2D eigenvalue weighted by molar-refractivity contribution is 4.72. The van der Waals surface area contributed by atoms with Gasteiger partial charge >= 0.3 is 0 Å². The van der Waals surface area contributed by atoms with Crippen molar-refractivity contribution < 1.29 is 4.39 Å². The second kappa shape index (κ2) is 3.91. The van der Waals surface area contributed by atoms with Crippen molar-refractivity contribution in [3.05, 3.63) is 0 Å². The summed E-state index contributed by atoms with van der Waals surface area (Å²) < 4.78 is 12.0. The van der Waals surface area contributed by atoms with Gasteiger partial charge in [0.05, 0.1) is 6.67 Å². The summed E-state index contributed by atoms with van der Waals surface area (Å²) in [4.78, 5) is 0. The van der Waals surface area contributed by atoms with Gasteiger partial charge in [-0.3, -0.25) is 4.39 Å². The van der Waals surface area contributed by atoms with Crippen molar-refractivity contribution in [2.24, 2.45) is 11.8 Å². The lowest BCUT2D eigenvalue weighted by Gasteiger charge is -2.11. The molecule has 1 saturated heterocycles. The third-order valence-electron chi connectivity index (χ3n) is 2.16. The Hall–Kier alpha value is -0.110. The van der Waals surface area contributed by atoms with Crippen LogP contribution < -0.4 is 5.32 Å². The highest BCUT2D eigenvalue weighted by atomic mass is 19.1. The molecule has 0 saturated carbocycles. The van der Waals surface area contributed by atoms with E-state index in [4.69, 9.17) is 0 Å². The summed E-state index contributed by atoms with van der Waals surface area (Å²) in [5, 5.41) is 3.28. The van der Waals surface area contributed by atoms with Crippen LogP contribution in [0.5, 0.6) is 0 Å². The first-order valence-electron chi connectivity index (χ1n) is 4.09. The predicted molar refractivity (Wildman–Crippen MR) is 40.7 cm³/mol. The third-order valence-corrected chi connectivity index (χ3v) is 2.16. The summed E-state index contributed by atoms with van der Waals surface area (Å²) in [5.74, 6) is 1.01. The van der Waals surface area contributed by atoms with E-state index < -0.39 is 0 Å². The zero-order valence-electron chi connectivity index (χ0n) is 6.57. The van der Waals surface area contributed by atoms with Crippen LogP contribution in [-0.4, -0.2) is 19.8 Å². The van der Waals surface area contributed by atoms with Gasteiger partial charge < -0.3 is 5.32 Å². The van der Waals surface area contributed by atoms with Crippen LogP contribution in [0.3, 0.4) is 0 Å². The Kier molecular flexibility index (Phi) is 3.13. The Morgan fingerprint density at radius 3 is 3.00 bits per heavy atom. The topological polar surface area (TPSA) is 12.0 Å². The van der Waals surface area contributed by atoms with E-state index >= 15 is 0 Å². The van der Waals surface area contributed by atoms with Crippen molar-refractivity contribution in [2.75, 3.05) is 19.8 Å². The second-order valence-corrected chi connectivity index (χ2v) is 3.35. The SMILES string of the molecule is CC(CF)CC1CCNC1. The quantitative estimate of drug-likeness (QED) is 0.636. The molecule has 0 amide bonds. The molecule has 1 fully saturated rings. The monoisotopic (exact) mass is 145 g/mol. The van der Waals surface area contributed by atoms with Gasteiger partial charge in [-0.2, -0.15) is 0 Å². The van der Waals surface area contributed by atoms with E-state index in [1.165, 1.54) is 6.42 Å². The minimum Gasteiger partial charge on any atom is -0.316 e. The molecule has 0 aromatic heterocycles. The molecule has 0 bridgehead atoms. The van der Waals surface area contributed by atoms with Crippen molar-refractivity contribution in [1.82, 2.24) is 5.32 Å². The van der Waals surface area contributed by atoms with Crippen LogP contribution in [0.1, 0.15) is 19.8 Å². The van der Waals surface area contributed by atoms with E-state index in [1.807, 2.05) is 6.92 Å². The van der Waals surface area contributed by atoms with Crippen molar-refractivity contribution in [2.45, 2.75) is 19.8 Å². The van der Waals surface area contributed by atoms with Crippen LogP contribution in [0.4, 0.5) is 4.39 Å².